The normalized spacial score (nSPS) is 14.0. The van der Waals surface area contributed by atoms with Crippen molar-refractivity contribution in [2.24, 2.45) is 0 Å². The van der Waals surface area contributed by atoms with Gasteiger partial charge in [-0.3, -0.25) is 14.4 Å². The largest absolute Gasteiger partial charge is 0.457 e. The molecular weight excluding hydrogens is 326 g/mol. The van der Waals surface area contributed by atoms with Gasteiger partial charge in [-0.15, -0.1) is 0 Å². The minimum absolute atomic E-state index is 0.108. The number of Topliss-reactive ketones (excluding diaryl/α,β-unsaturated/α-hetero) is 1. The highest BCUT2D eigenvalue weighted by atomic mass is 32.1. The molecule has 24 heavy (non-hydrogen) atoms. The van der Waals surface area contributed by atoms with Gasteiger partial charge in [0.25, 0.3) is 0 Å². The molecule has 0 bridgehead atoms. The molecule has 2 aromatic rings. The van der Waals surface area contributed by atoms with Crippen molar-refractivity contribution in [3.63, 3.8) is 0 Å². The van der Waals surface area contributed by atoms with Crippen molar-refractivity contribution in [3.05, 3.63) is 52.2 Å². The van der Waals surface area contributed by atoms with E-state index in [1.54, 1.807) is 29.2 Å². The molecule has 6 heteroatoms. The average molecular weight is 343 g/mol. The highest BCUT2D eigenvalue weighted by molar-refractivity contribution is 7.08. The van der Waals surface area contributed by atoms with Gasteiger partial charge >= 0.3 is 5.97 Å². The van der Waals surface area contributed by atoms with E-state index >= 15 is 0 Å². The summed E-state index contributed by atoms with van der Waals surface area (Å²) in [6.45, 7) is 0.442. The van der Waals surface area contributed by atoms with Crippen LogP contribution in [0.1, 0.15) is 28.8 Å². The Hall–Kier alpha value is -2.47. The van der Waals surface area contributed by atoms with Gasteiger partial charge in [-0.25, -0.2) is 0 Å². The predicted octanol–water partition coefficient (Wildman–Crippen LogP) is 2.84. The summed E-state index contributed by atoms with van der Waals surface area (Å²) in [4.78, 5) is 37.2. The van der Waals surface area contributed by atoms with Crippen LogP contribution in [0.5, 0.6) is 0 Å². The number of esters is 1. The molecule has 1 amide bonds. The van der Waals surface area contributed by atoms with Crippen LogP contribution in [0.4, 0.5) is 5.69 Å². The lowest BCUT2D eigenvalue weighted by atomic mass is 10.1. The molecule has 1 aromatic heterocycles. The lowest BCUT2D eigenvalue weighted by Gasteiger charge is -2.15. The van der Waals surface area contributed by atoms with Gasteiger partial charge in [-0.1, -0.05) is 0 Å². The molecule has 0 saturated carbocycles. The Morgan fingerprint density at radius 3 is 2.58 bits per heavy atom. The quantitative estimate of drug-likeness (QED) is 0.598. The molecule has 0 unspecified atom stereocenters. The number of ketones is 1. The van der Waals surface area contributed by atoms with Crippen molar-refractivity contribution in [1.29, 1.82) is 0 Å². The standard InChI is InChI=1S/C18H17NO4S/c20-16(11-23-18(22)10-13-7-9-24-12-13)14-3-5-15(6-4-14)19-8-1-2-17(19)21/h3-7,9,12H,1-2,8,10-11H2. The highest BCUT2D eigenvalue weighted by Crippen LogP contribution is 2.21. The van der Waals surface area contributed by atoms with E-state index in [1.807, 2.05) is 16.8 Å². The van der Waals surface area contributed by atoms with Gasteiger partial charge in [-0.05, 0) is 53.1 Å². The zero-order valence-electron chi connectivity index (χ0n) is 13.1. The summed E-state index contributed by atoms with van der Waals surface area (Å²) < 4.78 is 5.03. The number of nitrogens with zero attached hydrogens (tertiary/aromatic N) is 1. The molecule has 1 aromatic carbocycles. The second-order valence-corrected chi connectivity index (χ2v) is 6.37. The number of benzene rings is 1. The van der Waals surface area contributed by atoms with Crippen molar-refractivity contribution in [1.82, 2.24) is 0 Å². The number of anilines is 1. The number of thiophene rings is 1. The molecule has 5 nitrogen and oxygen atoms in total. The number of carbonyl (C=O) groups excluding carboxylic acids is 3. The first-order chi connectivity index (χ1) is 11.6. The first-order valence-corrected chi connectivity index (χ1v) is 8.68. The second-order valence-electron chi connectivity index (χ2n) is 5.59. The van der Waals surface area contributed by atoms with Gasteiger partial charge < -0.3 is 9.64 Å². The molecule has 1 aliphatic heterocycles. The Morgan fingerprint density at radius 2 is 1.96 bits per heavy atom. The Kier molecular flexibility index (Phi) is 5.05. The van der Waals surface area contributed by atoms with E-state index < -0.39 is 5.97 Å². The molecule has 1 saturated heterocycles. The molecule has 1 aliphatic rings. The van der Waals surface area contributed by atoms with Crippen LogP contribution in [0, 0.1) is 0 Å². The molecule has 0 N–H and O–H groups in total. The molecular formula is C18H17NO4S. The van der Waals surface area contributed by atoms with Crippen LogP contribution in [0.3, 0.4) is 0 Å². The van der Waals surface area contributed by atoms with Crippen LogP contribution in [0.25, 0.3) is 0 Å². The van der Waals surface area contributed by atoms with Gasteiger partial charge in [0.2, 0.25) is 5.91 Å². The summed E-state index contributed by atoms with van der Waals surface area (Å²) in [5, 5.41) is 3.77. The highest BCUT2D eigenvalue weighted by Gasteiger charge is 2.21. The molecule has 124 valence electrons. The summed E-state index contributed by atoms with van der Waals surface area (Å²) in [6, 6.07) is 8.69. The topological polar surface area (TPSA) is 63.7 Å². The molecule has 0 spiro atoms. The van der Waals surface area contributed by atoms with Crippen LogP contribution in [0.15, 0.2) is 41.1 Å². The zero-order valence-corrected chi connectivity index (χ0v) is 13.9. The van der Waals surface area contributed by atoms with E-state index in [9.17, 15) is 14.4 Å². The van der Waals surface area contributed by atoms with Crippen molar-refractivity contribution in [3.8, 4) is 0 Å². The van der Waals surface area contributed by atoms with Crippen LogP contribution in [0.2, 0.25) is 0 Å². The molecule has 1 fully saturated rings. The Morgan fingerprint density at radius 1 is 1.17 bits per heavy atom. The summed E-state index contributed by atoms with van der Waals surface area (Å²) in [6.07, 6.45) is 1.60. The van der Waals surface area contributed by atoms with E-state index in [4.69, 9.17) is 4.74 Å². The summed E-state index contributed by atoms with van der Waals surface area (Å²) in [7, 11) is 0. The minimum atomic E-state index is -0.416. The number of hydrogen-bond acceptors (Lipinski definition) is 5. The molecule has 0 aliphatic carbocycles. The summed E-state index contributed by atoms with van der Waals surface area (Å²) in [5.74, 6) is -0.564. The number of amides is 1. The third kappa shape index (κ3) is 3.89. The van der Waals surface area contributed by atoms with Gasteiger partial charge in [0, 0.05) is 24.2 Å². The first-order valence-electron chi connectivity index (χ1n) is 7.74. The van der Waals surface area contributed by atoms with Gasteiger partial charge in [0.1, 0.15) is 0 Å². The maximum absolute atomic E-state index is 12.1. The van der Waals surface area contributed by atoms with Crippen LogP contribution in [-0.2, 0) is 20.7 Å². The average Bonchev–Trinajstić information content (AvgIpc) is 3.24. The van der Waals surface area contributed by atoms with E-state index in [-0.39, 0.29) is 24.7 Å². The van der Waals surface area contributed by atoms with Crippen molar-refractivity contribution < 1.29 is 19.1 Å². The monoisotopic (exact) mass is 343 g/mol. The first kappa shape index (κ1) is 16.4. The third-order valence-corrected chi connectivity index (χ3v) is 4.60. The Bertz CT molecular complexity index is 737. The fourth-order valence-electron chi connectivity index (χ4n) is 2.59. The van der Waals surface area contributed by atoms with Crippen LogP contribution in [-0.4, -0.2) is 30.8 Å². The molecule has 3 rings (SSSR count). The van der Waals surface area contributed by atoms with Crippen LogP contribution < -0.4 is 4.90 Å². The number of hydrogen-bond donors (Lipinski definition) is 0. The Balaban J connectivity index is 1.53. The lowest BCUT2D eigenvalue weighted by Crippen LogP contribution is -2.23. The number of carbonyl (C=O) groups is 3. The second kappa shape index (κ2) is 7.40. The van der Waals surface area contributed by atoms with Gasteiger partial charge in [0.05, 0.1) is 6.42 Å². The fourth-order valence-corrected chi connectivity index (χ4v) is 3.26. The van der Waals surface area contributed by atoms with E-state index in [0.717, 1.165) is 17.7 Å². The maximum atomic E-state index is 12.1. The van der Waals surface area contributed by atoms with Crippen LogP contribution >= 0.6 is 11.3 Å². The number of rotatable bonds is 6. The third-order valence-electron chi connectivity index (χ3n) is 3.87. The van der Waals surface area contributed by atoms with Crippen molar-refractivity contribution in [2.75, 3.05) is 18.1 Å². The SMILES string of the molecule is O=C(Cc1ccsc1)OCC(=O)c1ccc(N2CCCC2=O)cc1. The minimum Gasteiger partial charge on any atom is -0.457 e. The van der Waals surface area contributed by atoms with Gasteiger partial charge in [0.15, 0.2) is 12.4 Å². The number of ether oxygens (including phenoxy) is 1. The van der Waals surface area contributed by atoms with Crippen molar-refractivity contribution >= 4 is 34.7 Å². The maximum Gasteiger partial charge on any atom is 0.310 e. The van der Waals surface area contributed by atoms with E-state index in [0.29, 0.717) is 18.5 Å². The fraction of sp³-hybridized carbons (Fsp3) is 0.278. The predicted molar refractivity (Wildman–Crippen MR) is 91.3 cm³/mol. The Labute approximate surface area is 143 Å². The van der Waals surface area contributed by atoms with E-state index in [1.165, 1.54) is 11.3 Å². The molecule has 0 atom stereocenters. The smallest absolute Gasteiger partial charge is 0.310 e. The zero-order chi connectivity index (χ0) is 16.9. The van der Waals surface area contributed by atoms with Crippen molar-refractivity contribution in [2.45, 2.75) is 19.3 Å². The van der Waals surface area contributed by atoms with E-state index in [2.05, 4.69) is 0 Å². The lowest BCUT2D eigenvalue weighted by molar-refractivity contribution is -0.141. The van der Waals surface area contributed by atoms with Gasteiger partial charge in [-0.2, -0.15) is 11.3 Å². The molecule has 0 radical (unpaired) electrons. The molecule has 2 heterocycles. The summed E-state index contributed by atoms with van der Waals surface area (Å²) in [5.41, 5.74) is 2.15. The summed E-state index contributed by atoms with van der Waals surface area (Å²) >= 11 is 1.51.